The maximum atomic E-state index is 11.5. The fourth-order valence-corrected chi connectivity index (χ4v) is 2.76. The molecular weight excluding hydrogens is 304 g/mol. The SMILES string of the molecule is CC(C)C1CC(=O)OC1OCc1cccc(Oc2ccccc2)c1. The average molecular weight is 326 g/mol. The van der Waals surface area contributed by atoms with Gasteiger partial charge in [0.25, 0.3) is 0 Å². The Morgan fingerprint density at radius 2 is 1.83 bits per heavy atom. The first kappa shape index (κ1) is 16.5. The summed E-state index contributed by atoms with van der Waals surface area (Å²) in [6.45, 7) is 4.54. The van der Waals surface area contributed by atoms with Gasteiger partial charge in [0.1, 0.15) is 11.5 Å². The molecule has 4 heteroatoms. The minimum atomic E-state index is -0.462. The van der Waals surface area contributed by atoms with Gasteiger partial charge >= 0.3 is 5.97 Å². The van der Waals surface area contributed by atoms with Crippen molar-refractivity contribution in [3.63, 3.8) is 0 Å². The van der Waals surface area contributed by atoms with Crippen molar-refractivity contribution < 1.29 is 19.0 Å². The number of esters is 1. The predicted octanol–water partition coefficient (Wildman–Crippen LogP) is 4.54. The third-order valence-electron chi connectivity index (χ3n) is 4.15. The highest BCUT2D eigenvalue weighted by Crippen LogP contribution is 2.30. The normalized spacial score (nSPS) is 20.2. The van der Waals surface area contributed by atoms with Crippen molar-refractivity contribution in [1.82, 2.24) is 0 Å². The molecule has 0 radical (unpaired) electrons. The van der Waals surface area contributed by atoms with E-state index in [2.05, 4.69) is 13.8 Å². The van der Waals surface area contributed by atoms with E-state index in [0.29, 0.717) is 18.9 Å². The molecule has 1 aliphatic rings. The summed E-state index contributed by atoms with van der Waals surface area (Å²) < 4.78 is 17.0. The molecule has 0 spiro atoms. The Kier molecular flexibility index (Phi) is 5.16. The Hall–Kier alpha value is -2.33. The summed E-state index contributed by atoms with van der Waals surface area (Å²) in [4.78, 5) is 11.5. The summed E-state index contributed by atoms with van der Waals surface area (Å²) in [5.74, 6) is 1.82. The number of hydrogen-bond acceptors (Lipinski definition) is 4. The summed E-state index contributed by atoms with van der Waals surface area (Å²) in [6, 6.07) is 17.4. The first-order valence-electron chi connectivity index (χ1n) is 8.25. The van der Waals surface area contributed by atoms with Crippen molar-refractivity contribution in [3.05, 3.63) is 60.2 Å². The molecule has 1 fully saturated rings. The molecule has 24 heavy (non-hydrogen) atoms. The van der Waals surface area contributed by atoms with Gasteiger partial charge in [-0.05, 0) is 35.7 Å². The Bertz CT molecular complexity index is 681. The van der Waals surface area contributed by atoms with E-state index in [9.17, 15) is 4.79 Å². The van der Waals surface area contributed by atoms with Gasteiger partial charge in [-0.2, -0.15) is 0 Å². The van der Waals surface area contributed by atoms with Gasteiger partial charge in [0.15, 0.2) is 0 Å². The summed E-state index contributed by atoms with van der Waals surface area (Å²) in [7, 11) is 0. The first-order chi connectivity index (χ1) is 11.6. The van der Waals surface area contributed by atoms with Crippen LogP contribution in [0.1, 0.15) is 25.8 Å². The fraction of sp³-hybridized carbons (Fsp3) is 0.350. The largest absolute Gasteiger partial charge is 0.457 e. The fourth-order valence-electron chi connectivity index (χ4n) is 2.76. The molecule has 0 N–H and O–H groups in total. The minimum absolute atomic E-state index is 0.112. The zero-order valence-corrected chi connectivity index (χ0v) is 14.0. The molecule has 1 saturated heterocycles. The Labute approximate surface area is 142 Å². The highest BCUT2D eigenvalue weighted by Gasteiger charge is 2.37. The lowest BCUT2D eigenvalue weighted by Crippen LogP contribution is -2.23. The van der Waals surface area contributed by atoms with E-state index in [4.69, 9.17) is 14.2 Å². The van der Waals surface area contributed by atoms with E-state index < -0.39 is 6.29 Å². The highest BCUT2D eigenvalue weighted by atomic mass is 16.7. The minimum Gasteiger partial charge on any atom is -0.457 e. The molecule has 2 atom stereocenters. The van der Waals surface area contributed by atoms with Gasteiger partial charge in [0.05, 0.1) is 13.0 Å². The lowest BCUT2D eigenvalue weighted by atomic mass is 9.94. The van der Waals surface area contributed by atoms with E-state index in [-0.39, 0.29) is 11.9 Å². The van der Waals surface area contributed by atoms with Gasteiger partial charge in [-0.1, -0.05) is 44.2 Å². The molecule has 0 bridgehead atoms. The van der Waals surface area contributed by atoms with Gasteiger partial charge < -0.3 is 14.2 Å². The van der Waals surface area contributed by atoms with E-state index in [1.165, 1.54) is 0 Å². The molecule has 0 aromatic heterocycles. The molecule has 0 amide bonds. The van der Waals surface area contributed by atoms with E-state index >= 15 is 0 Å². The van der Waals surface area contributed by atoms with Crippen LogP contribution < -0.4 is 4.74 Å². The van der Waals surface area contributed by atoms with Crippen molar-refractivity contribution >= 4 is 5.97 Å². The van der Waals surface area contributed by atoms with Crippen LogP contribution in [-0.2, 0) is 20.9 Å². The lowest BCUT2D eigenvalue weighted by molar-refractivity contribution is -0.172. The second-order valence-electron chi connectivity index (χ2n) is 6.34. The van der Waals surface area contributed by atoms with Crippen LogP contribution in [0.4, 0.5) is 0 Å². The molecule has 1 heterocycles. The maximum absolute atomic E-state index is 11.5. The number of benzene rings is 2. The van der Waals surface area contributed by atoms with Crippen LogP contribution in [-0.4, -0.2) is 12.3 Å². The molecule has 1 aliphatic heterocycles. The predicted molar refractivity (Wildman–Crippen MR) is 90.6 cm³/mol. The molecule has 0 saturated carbocycles. The number of rotatable bonds is 6. The van der Waals surface area contributed by atoms with Gasteiger partial charge in [0.2, 0.25) is 6.29 Å². The second kappa shape index (κ2) is 7.49. The van der Waals surface area contributed by atoms with Gasteiger partial charge in [-0.15, -0.1) is 0 Å². The van der Waals surface area contributed by atoms with Gasteiger partial charge in [-0.25, -0.2) is 0 Å². The summed E-state index contributed by atoms with van der Waals surface area (Å²) in [5, 5.41) is 0. The summed E-state index contributed by atoms with van der Waals surface area (Å²) in [6.07, 6.45) is -0.0318. The van der Waals surface area contributed by atoms with Crippen molar-refractivity contribution in [2.75, 3.05) is 0 Å². The summed E-state index contributed by atoms with van der Waals surface area (Å²) in [5.41, 5.74) is 0.980. The number of hydrogen-bond donors (Lipinski definition) is 0. The maximum Gasteiger partial charge on any atom is 0.308 e. The first-order valence-corrected chi connectivity index (χ1v) is 8.25. The van der Waals surface area contributed by atoms with E-state index in [1.807, 2.05) is 54.6 Å². The van der Waals surface area contributed by atoms with Crippen molar-refractivity contribution in [1.29, 1.82) is 0 Å². The Balaban J connectivity index is 1.61. The van der Waals surface area contributed by atoms with Crippen LogP contribution in [0.25, 0.3) is 0 Å². The van der Waals surface area contributed by atoms with E-state index in [0.717, 1.165) is 17.1 Å². The van der Waals surface area contributed by atoms with Crippen LogP contribution in [0.15, 0.2) is 54.6 Å². The Morgan fingerprint density at radius 1 is 1.08 bits per heavy atom. The number of carbonyl (C=O) groups excluding carboxylic acids is 1. The highest BCUT2D eigenvalue weighted by molar-refractivity contribution is 5.71. The van der Waals surface area contributed by atoms with Crippen LogP contribution in [0.2, 0.25) is 0 Å². The third kappa shape index (κ3) is 4.15. The van der Waals surface area contributed by atoms with Gasteiger partial charge in [-0.3, -0.25) is 4.79 Å². The molecule has 0 aliphatic carbocycles. The lowest BCUT2D eigenvalue weighted by Gasteiger charge is -2.20. The smallest absolute Gasteiger partial charge is 0.308 e. The van der Waals surface area contributed by atoms with Crippen LogP contribution in [0.5, 0.6) is 11.5 Å². The quantitative estimate of drug-likeness (QED) is 0.731. The van der Waals surface area contributed by atoms with Gasteiger partial charge in [0, 0.05) is 5.92 Å². The molecule has 2 unspecified atom stereocenters. The zero-order chi connectivity index (χ0) is 16.9. The molecule has 2 aromatic carbocycles. The monoisotopic (exact) mass is 326 g/mol. The van der Waals surface area contributed by atoms with Crippen LogP contribution >= 0.6 is 0 Å². The van der Waals surface area contributed by atoms with Crippen LogP contribution in [0.3, 0.4) is 0 Å². The third-order valence-corrected chi connectivity index (χ3v) is 4.15. The molecular formula is C20H22O4. The van der Waals surface area contributed by atoms with Crippen molar-refractivity contribution in [3.8, 4) is 11.5 Å². The molecule has 3 rings (SSSR count). The molecule has 2 aromatic rings. The second-order valence-corrected chi connectivity index (χ2v) is 6.34. The summed E-state index contributed by atoms with van der Waals surface area (Å²) >= 11 is 0. The Morgan fingerprint density at radius 3 is 2.58 bits per heavy atom. The molecule has 126 valence electrons. The van der Waals surface area contributed by atoms with Crippen LogP contribution in [0, 0.1) is 11.8 Å². The standard InChI is InChI=1S/C20H22O4/c1-14(2)18-12-19(21)24-20(18)22-13-15-7-6-10-17(11-15)23-16-8-4-3-5-9-16/h3-11,14,18,20H,12-13H2,1-2H3. The van der Waals surface area contributed by atoms with E-state index in [1.54, 1.807) is 0 Å². The molecule has 4 nitrogen and oxygen atoms in total. The zero-order valence-electron chi connectivity index (χ0n) is 14.0. The average Bonchev–Trinajstić information content (AvgIpc) is 2.95. The van der Waals surface area contributed by atoms with Crippen molar-refractivity contribution in [2.45, 2.75) is 33.2 Å². The number of cyclic esters (lactones) is 1. The van der Waals surface area contributed by atoms with Crippen molar-refractivity contribution in [2.24, 2.45) is 11.8 Å². The number of para-hydroxylation sites is 1. The topological polar surface area (TPSA) is 44.8 Å². The number of carbonyl (C=O) groups is 1. The number of ether oxygens (including phenoxy) is 3.